The number of amides is 1. The fourth-order valence-electron chi connectivity index (χ4n) is 4.44. The molecule has 156 valence electrons. The van der Waals surface area contributed by atoms with Gasteiger partial charge in [0.05, 0.1) is 35.1 Å². The van der Waals surface area contributed by atoms with Crippen molar-refractivity contribution in [3.63, 3.8) is 0 Å². The Morgan fingerprint density at radius 1 is 1.20 bits per heavy atom. The number of carbonyl (C=O) groups excluding carboxylic acids is 1. The zero-order chi connectivity index (χ0) is 21.3. The van der Waals surface area contributed by atoms with Gasteiger partial charge in [-0.15, -0.1) is 0 Å². The third kappa shape index (κ3) is 2.91. The van der Waals surface area contributed by atoms with Gasteiger partial charge in [-0.1, -0.05) is 0 Å². The van der Waals surface area contributed by atoms with Crippen LogP contribution in [0.2, 0.25) is 0 Å². The SMILES string of the molecule is CS(=O)(=O)CCn1c(CN2C(=O)C3(CC3)c3ccncc32)cc2cc(F)cc(F)c21. The second-order valence-corrected chi connectivity index (χ2v) is 10.4. The third-order valence-electron chi connectivity index (χ3n) is 6.01. The summed E-state index contributed by atoms with van der Waals surface area (Å²) in [5.41, 5.74) is 1.83. The normalized spacial score (nSPS) is 17.2. The first-order valence-corrected chi connectivity index (χ1v) is 11.7. The van der Waals surface area contributed by atoms with Crippen molar-refractivity contribution >= 4 is 32.3 Å². The lowest BCUT2D eigenvalue weighted by Crippen LogP contribution is -2.32. The summed E-state index contributed by atoms with van der Waals surface area (Å²) in [6, 6.07) is 5.46. The Kier molecular flexibility index (Phi) is 4.05. The molecule has 1 fully saturated rings. The molecule has 5 rings (SSSR count). The topological polar surface area (TPSA) is 72.3 Å². The summed E-state index contributed by atoms with van der Waals surface area (Å²) < 4.78 is 53.4. The van der Waals surface area contributed by atoms with Gasteiger partial charge in [-0.25, -0.2) is 17.2 Å². The molecule has 6 nitrogen and oxygen atoms in total. The number of hydrogen-bond donors (Lipinski definition) is 0. The first-order valence-electron chi connectivity index (χ1n) is 9.61. The maximum Gasteiger partial charge on any atom is 0.238 e. The number of hydrogen-bond acceptors (Lipinski definition) is 4. The molecule has 9 heteroatoms. The molecular formula is C21H19F2N3O3S. The van der Waals surface area contributed by atoms with Crippen LogP contribution >= 0.6 is 0 Å². The van der Waals surface area contributed by atoms with Gasteiger partial charge in [0.25, 0.3) is 0 Å². The fraction of sp³-hybridized carbons (Fsp3) is 0.333. The maximum atomic E-state index is 14.6. The summed E-state index contributed by atoms with van der Waals surface area (Å²) in [7, 11) is -3.31. The van der Waals surface area contributed by atoms with E-state index in [1.807, 2.05) is 6.07 Å². The van der Waals surface area contributed by atoms with Gasteiger partial charge in [0.15, 0.2) is 0 Å². The highest BCUT2D eigenvalue weighted by Gasteiger charge is 2.59. The summed E-state index contributed by atoms with van der Waals surface area (Å²) in [5.74, 6) is -1.71. The van der Waals surface area contributed by atoms with Crippen molar-refractivity contribution in [2.45, 2.75) is 31.3 Å². The predicted molar refractivity (Wildman–Crippen MR) is 108 cm³/mol. The van der Waals surface area contributed by atoms with E-state index in [0.717, 1.165) is 30.7 Å². The van der Waals surface area contributed by atoms with Crippen molar-refractivity contribution in [3.05, 3.63) is 59.6 Å². The zero-order valence-electron chi connectivity index (χ0n) is 16.2. The van der Waals surface area contributed by atoms with Crippen molar-refractivity contribution in [1.82, 2.24) is 9.55 Å². The Bertz CT molecular complexity index is 1310. The number of halogens is 2. The Morgan fingerprint density at radius 3 is 2.67 bits per heavy atom. The van der Waals surface area contributed by atoms with E-state index in [0.29, 0.717) is 16.8 Å². The number of nitrogens with zero attached hydrogens (tertiary/aromatic N) is 3. The summed E-state index contributed by atoms with van der Waals surface area (Å²) in [5, 5.41) is 0.329. The smallest absolute Gasteiger partial charge is 0.238 e. The number of rotatable bonds is 5. The van der Waals surface area contributed by atoms with Gasteiger partial charge < -0.3 is 9.47 Å². The van der Waals surface area contributed by atoms with Crippen LogP contribution in [0.5, 0.6) is 0 Å². The zero-order valence-corrected chi connectivity index (χ0v) is 17.0. The number of carbonyl (C=O) groups is 1. The first-order chi connectivity index (χ1) is 14.2. The van der Waals surface area contributed by atoms with Gasteiger partial charge in [-0.3, -0.25) is 9.78 Å². The largest absolute Gasteiger partial charge is 0.339 e. The number of aromatic nitrogens is 2. The average Bonchev–Trinajstić information content (AvgIpc) is 3.35. The van der Waals surface area contributed by atoms with Crippen molar-refractivity contribution in [3.8, 4) is 0 Å². The van der Waals surface area contributed by atoms with Crippen LogP contribution in [-0.4, -0.2) is 35.9 Å². The average molecular weight is 431 g/mol. The van der Waals surface area contributed by atoms with Gasteiger partial charge in [-0.2, -0.15) is 0 Å². The van der Waals surface area contributed by atoms with E-state index in [1.165, 1.54) is 10.6 Å². The van der Waals surface area contributed by atoms with E-state index in [2.05, 4.69) is 4.98 Å². The van der Waals surface area contributed by atoms with Crippen LogP contribution in [0.4, 0.5) is 14.5 Å². The minimum Gasteiger partial charge on any atom is -0.339 e. The summed E-state index contributed by atoms with van der Waals surface area (Å²) in [6.07, 6.45) is 5.96. The van der Waals surface area contributed by atoms with Crippen LogP contribution in [-0.2, 0) is 33.1 Å². The molecule has 1 aromatic carbocycles. The molecule has 0 radical (unpaired) electrons. The van der Waals surface area contributed by atoms with E-state index in [4.69, 9.17) is 0 Å². The molecule has 3 heterocycles. The number of anilines is 1. The molecule has 1 aliphatic carbocycles. The van der Waals surface area contributed by atoms with Crippen LogP contribution in [0.15, 0.2) is 36.7 Å². The summed E-state index contributed by atoms with van der Waals surface area (Å²) in [6.45, 7) is 0.131. The molecule has 0 bridgehead atoms. The maximum absolute atomic E-state index is 14.6. The lowest BCUT2D eigenvalue weighted by molar-refractivity contribution is -0.120. The Balaban J connectivity index is 1.61. The molecule has 1 spiro atoms. The van der Waals surface area contributed by atoms with Crippen LogP contribution in [0.1, 0.15) is 24.1 Å². The summed E-state index contributed by atoms with van der Waals surface area (Å²) >= 11 is 0. The Labute approximate surface area is 172 Å². The lowest BCUT2D eigenvalue weighted by Gasteiger charge is -2.19. The molecule has 0 unspecified atom stereocenters. The highest BCUT2D eigenvalue weighted by Crippen LogP contribution is 2.57. The van der Waals surface area contributed by atoms with Gasteiger partial charge in [-0.05, 0) is 36.6 Å². The minimum atomic E-state index is -3.31. The molecule has 1 amide bonds. The van der Waals surface area contributed by atoms with E-state index in [9.17, 15) is 22.0 Å². The van der Waals surface area contributed by atoms with E-state index >= 15 is 0 Å². The predicted octanol–water partition coefficient (Wildman–Crippen LogP) is 2.94. The van der Waals surface area contributed by atoms with E-state index in [1.54, 1.807) is 23.4 Å². The number of aryl methyl sites for hydroxylation is 1. The lowest BCUT2D eigenvalue weighted by atomic mass is 9.99. The number of sulfone groups is 1. The number of benzene rings is 1. The molecule has 30 heavy (non-hydrogen) atoms. The van der Waals surface area contributed by atoms with Crippen LogP contribution < -0.4 is 4.90 Å². The second kappa shape index (κ2) is 6.34. The molecule has 1 aliphatic heterocycles. The molecule has 0 atom stereocenters. The van der Waals surface area contributed by atoms with Crippen molar-refractivity contribution < 1.29 is 22.0 Å². The van der Waals surface area contributed by atoms with Crippen molar-refractivity contribution in [1.29, 1.82) is 0 Å². The van der Waals surface area contributed by atoms with Crippen LogP contribution in [0.3, 0.4) is 0 Å². The van der Waals surface area contributed by atoms with Crippen molar-refractivity contribution in [2.24, 2.45) is 0 Å². The minimum absolute atomic E-state index is 0.00723. The van der Waals surface area contributed by atoms with Crippen LogP contribution in [0.25, 0.3) is 10.9 Å². The van der Waals surface area contributed by atoms with Crippen molar-refractivity contribution in [2.75, 3.05) is 16.9 Å². The monoisotopic (exact) mass is 431 g/mol. The molecule has 2 aromatic heterocycles. The fourth-order valence-corrected chi connectivity index (χ4v) is 4.96. The summed E-state index contributed by atoms with van der Waals surface area (Å²) in [4.78, 5) is 18.9. The van der Waals surface area contributed by atoms with Gasteiger partial charge in [0.2, 0.25) is 5.91 Å². The molecule has 3 aromatic rings. The standard InChI is InChI=1S/C21H19F2N3O3S/c1-30(28,29)7-6-25-15(9-13-8-14(22)10-17(23)19(13)25)12-26-18-11-24-5-2-16(18)21(3-4-21)20(26)27/h2,5,8-11H,3-4,6-7,12H2,1H3. The van der Waals surface area contributed by atoms with Gasteiger partial charge in [0.1, 0.15) is 21.5 Å². The second-order valence-electron chi connectivity index (χ2n) is 8.11. The highest BCUT2D eigenvalue weighted by atomic mass is 32.2. The highest BCUT2D eigenvalue weighted by molar-refractivity contribution is 7.90. The van der Waals surface area contributed by atoms with Gasteiger partial charge in [0, 0.05) is 36.1 Å². The Morgan fingerprint density at radius 2 is 1.97 bits per heavy atom. The number of fused-ring (bicyclic) bond motifs is 3. The van der Waals surface area contributed by atoms with E-state index < -0.39 is 26.9 Å². The number of pyridine rings is 1. The molecule has 2 aliphatic rings. The first kappa shape index (κ1) is 19.2. The molecule has 1 saturated carbocycles. The third-order valence-corrected chi connectivity index (χ3v) is 6.94. The molecular weight excluding hydrogens is 412 g/mol. The van der Waals surface area contributed by atoms with Gasteiger partial charge >= 0.3 is 0 Å². The molecule has 0 saturated heterocycles. The quantitative estimate of drug-likeness (QED) is 0.623. The molecule has 0 N–H and O–H groups in total. The van der Waals surface area contributed by atoms with Crippen LogP contribution in [0, 0.1) is 11.6 Å². The Hall–Kier alpha value is -2.81. The van der Waals surface area contributed by atoms with E-state index in [-0.39, 0.29) is 30.3 Å².